The van der Waals surface area contributed by atoms with Crippen molar-refractivity contribution in [3.05, 3.63) is 0 Å². The Labute approximate surface area is 79.3 Å². The van der Waals surface area contributed by atoms with Gasteiger partial charge in [-0.05, 0) is 38.1 Å². The molecule has 1 rings (SSSR count). The Morgan fingerprint density at radius 3 is 3.08 bits per heavy atom. The van der Waals surface area contributed by atoms with E-state index in [1.54, 1.807) is 0 Å². The molecule has 70 valence electrons. The van der Waals surface area contributed by atoms with Gasteiger partial charge in [0.1, 0.15) is 0 Å². The quantitative estimate of drug-likeness (QED) is 0.610. The molecule has 3 N–H and O–H groups in total. The lowest BCUT2D eigenvalue weighted by Crippen LogP contribution is -2.48. The molecule has 0 spiro atoms. The van der Waals surface area contributed by atoms with Crippen molar-refractivity contribution in [3.63, 3.8) is 0 Å². The molecule has 1 aliphatic heterocycles. The van der Waals surface area contributed by atoms with Gasteiger partial charge in [-0.15, -0.1) is 0 Å². The number of hydrogen-bond donors (Lipinski definition) is 2. The SMILES string of the molecule is CCN1CCCC(NC(N)=S)C1. The fourth-order valence-electron chi connectivity index (χ4n) is 1.66. The fraction of sp³-hybridized carbons (Fsp3) is 0.875. The minimum atomic E-state index is 0.429. The van der Waals surface area contributed by atoms with Crippen LogP contribution in [0.2, 0.25) is 0 Å². The summed E-state index contributed by atoms with van der Waals surface area (Å²) in [5, 5.41) is 3.54. The normalized spacial score (nSPS) is 25.2. The molecule has 3 nitrogen and oxygen atoms in total. The average Bonchev–Trinajstić information content (AvgIpc) is 2.03. The van der Waals surface area contributed by atoms with Crippen LogP contribution >= 0.6 is 12.2 Å². The largest absolute Gasteiger partial charge is 0.376 e. The molecule has 1 heterocycles. The van der Waals surface area contributed by atoms with Crippen molar-refractivity contribution in [1.82, 2.24) is 10.2 Å². The lowest BCUT2D eigenvalue weighted by Gasteiger charge is -2.32. The van der Waals surface area contributed by atoms with Crippen LogP contribution in [0, 0.1) is 0 Å². The van der Waals surface area contributed by atoms with Crippen LogP contribution in [0.1, 0.15) is 19.8 Å². The van der Waals surface area contributed by atoms with Gasteiger partial charge >= 0.3 is 0 Å². The summed E-state index contributed by atoms with van der Waals surface area (Å²) in [6.07, 6.45) is 2.43. The van der Waals surface area contributed by atoms with Crippen LogP contribution in [0.15, 0.2) is 0 Å². The van der Waals surface area contributed by atoms with E-state index in [2.05, 4.69) is 17.1 Å². The second-order valence-corrected chi connectivity index (χ2v) is 3.68. The Hall–Kier alpha value is -0.350. The predicted octanol–water partition coefficient (Wildman–Crippen LogP) is 0.304. The van der Waals surface area contributed by atoms with E-state index in [-0.39, 0.29) is 0 Å². The zero-order valence-corrected chi connectivity index (χ0v) is 8.36. The van der Waals surface area contributed by atoms with Gasteiger partial charge in [0.05, 0.1) is 0 Å². The van der Waals surface area contributed by atoms with Crippen molar-refractivity contribution in [2.45, 2.75) is 25.8 Å². The summed E-state index contributed by atoms with van der Waals surface area (Å²) in [4.78, 5) is 2.42. The van der Waals surface area contributed by atoms with E-state index < -0.39 is 0 Å². The highest BCUT2D eigenvalue weighted by Crippen LogP contribution is 2.08. The third-order valence-electron chi connectivity index (χ3n) is 2.30. The number of hydrogen-bond acceptors (Lipinski definition) is 2. The van der Waals surface area contributed by atoms with Gasteiger partial charge in [0.2, 0.25) is 0 Å². The highest BCUT2D eigenvalue weighted by molar-refractivity contribution is 7.80. The van der Waals surface area contributed by atoms with E-state index in [4.69, 9.17) is 18.0 Å². The Morgan fingerprint density at radius 1 is 1.75 bits per heavy atom. The molecule has 0 aromatic rings. The summed E-state index contributed by atoms with van der Waals surface area (Å²) in [6, 6.07) is 0.469. The molecule has 1 saturated heterocycles. The van der Waals surface area contributed by atoms with Gasteiger partial charge in [0.25, 0.3) is 0 Å². The predicted molar refractivity (Wildman–Crippen MR) is 55.1 cm³/mol. The number of nitrogens with one attached hydrogen (secondary N) is 1. The summed E-state index contributed by atoms with van der Waals surface area (Å²) >= 11 is 4.80. The van der Waals surface area contributed by atoms with Gasteiger partial charge in [-0.2, -0.15) is 0 Å². The second-order valence-electron chi connectivity index (χ2n) is 3.24. The number of nitrogens with zero attached hydrogens (tertiary/aromatic N) is 1. The number of piperidine rings is 1. The number of likely N-dealkylation sites (tertiary alicyclic amines) is 1. The summed E-state index contributed by atoms with van der Waals surface area (Å²) in [7, 11) is 0. The van der Waals surface area contributed by atoms with E-state index in [0.717, 1.165) is 13.1 Å². The van der Waals surface area contributed by atoms with Crippen LogP contribution < -0.4 is 11.1 Å². The molecule has 0 bridgehead atoms. The minimum absolute atomic E-state index is 0.429. The summed E-state index contributed by atoms with van der Waals surface area (Å²) in [5.41, 5.74) is 5.41. The third-order valence-corrected chi connectivity index (χ3v) is 2.42. The van der Waals surface area contributed by atoms with E-state index in [1.165, 1.54) is 19.4 Å². The molecular formula is C8H17N3S. The smallest absolute Gasteiger partial charge is 0.163 e. The Morgan fingerprint density at radius 2 is 2.50 bits per heavy atom. The molecule has 0 aromatic heterocycles. The van der Waals surface area contributed by atoms with Crippen LogP contribution in [-0.4, -0.2) is 35.7 Å². The molecule has 12 heavy (non-hydrogen) atoms. The van der Waals surface area contributed by atoms with E-state index >= 15 is 0 Å². The first-order chi connectivity index (χ1) is 5.72. The van der Waals surface area contributed by atoms with Crippen LogP contribution in [0.5, 0.6) is 0 Å². The van der Waals surface area contributed by atoms with Crippen LogP contribution in [0.25, 0.3) is 0 Å². The van der Waals surface area contributed by atoms with Crippen LogP contribution in [0.4, 0.5) is 0 Å². The summed E-state index contributed by atoms with van der Waals surface area (Å²) < 4.78 is 0. The van der Waals surface area contributed by atoms with Crippen molar-refractivity contribution >= 4 is 17.3 Å². The Balaban J connectivity index is 2.30. The van der Waals surface area contributed by atoms with E-state index in [1.807, 2.05) is 0 Å². The van der Waals surface area contributed by atoms with Crippen molar-refractivity contribution in [2.75, 3.05) is 19.6 Å². The van der Waals surface area contributed by atoms with Gasteiger partial charge < -0.3 is 16.0 Å². The van der Waals surface area contributed by atoms with E-state index in [9.17, 15) is 0 Å². The summed E-state index contributed by atoms with van der Waals surface area (Å²) in [5.74, 6) is 0. The first-order valence-electron chi connectivity index (χ1n) is 4.50. The van der Waals surface area contributed by atoms with Gasteiger partial charge in [0, 0.05) is 12.6 Å². The fourth-order valence-corrected chi connectivity index (χ4v) is 1.83. The molecule has 4 heteroatoms. The van der Waals surface area contributed by atoms with Crippen molar-refractivity contribution < 1.29 is 0 Å². The highest BCUT2D eigenvalue weighted by atomic mass is 32.1. The van der Waals surface area contributed by atoms with E-state index in [0.29, 0.717) is 11.2 Å². The van der Waals surface area contributed by atoms with Gasteiger partial charge in [-0.25, -0.2) is 0 Å². The topological polar surface area (TPSA) is 41.3 Å². The lowest BCUT2D eigenvalue weighted by atomic mass is 10.1. The molecule has 1 unspecified atom stereocenters. The molecular weight excluding hydrogens is 170 g/mol. The second kappa shape index (κ2) is 4.62. The maximum atomic E-state index is 5.41. The number of thiocarbonyl (C=S) groups is 1. The molecule has 1 aliphatic rings. The standard InChI is InChI=1S/C8H17N3S/c1-2-11-5-3-4-7(6-11)10-8(9)12/h7H,2-6H2,1H3,(H3,9,10,12). The molecule has 0 aromatic carbocycles. The van der Waals surface area contributed by atoms with Crippen LogP contribution in [-0.2, 0) is 0 Å². The maximum absolute atomic E-state index is 5.41. The molecule has 0 saturated carbocycles. The van der Waals surface area contributed by atoms with Crippen LogP contribution in [0.3, 0.4) is 0 Å². The first kappa shape index (κ1) is 9.74. The lowest BCUT2D eigenvalue weighted by molar-refractivity contribution is 0.210. The Bertz CT molecular complexity index is 160. The van der Waals surface area contributed by atoms with Gasteiger partial charge in [-0.1, -0.05) is 6.92 Å². The average molecular weight is 187 g/mol. The Kier molecular flexibility index (Phi) is 3.75. The number of likely N-dealkylation sites (N-methyl/N-ethyl adjacent to an activating group) is 1. The van der Waals surface area contributed by atoms with Crippen molar-refractivity contribution in [1.29, 1.82) is 0 Å². The van der Waals surface area contributed by atoms with Gasteiger partial charge in [0.15, 0.2) is 5.11 Å². The molecule has 0 radical (unpaired) electrons. The number of nitrogens with two attached hydrogens (primary N) is 1. The first-order valence-corrected chi connectivity index (χ1v) is 4.91. The van der Waals surface area contributed by atoms with Crippen molar-refractivity contribution in [3.8, 4) is 0 Å². The van der Waals surface area contributed by atoms with Gasteiger partial charge in [-0.3, -0.25) is 0 Å². The van der Waals surface area contributed by atoms with Crippen molar-refractivity contribution in [2.24, 2.45) is 5.73 Å². The zero-order valence-electron chi connectivity index (χ0n) is 7.55. The molecule has 1 atom stereocenters. The monoisotopic (exact) mass is 187 g/mol. The molecule has 1 fully saturated rings. The third kappa shape index (κ3) is 2.95. The minimum Gasteiger partial charge on any atom is -0.376 e. The molecule has 0 aliphatic carbocycles. The molecule has 0 amide bonds. The summed E-state index contributed by atoms with van der Waals surface area (Å²) in [6.45, 7) is 5.60. The number of rotatable bonds is 2. The maximum Gasteiger partial charge on any atom is 0.163 e. The highest BCUT2D eigenvalue weighted by Gasteiger charge is 2.17. The zero-order chi connectivity index (χ0) is 8.97.